The van der Waals surface area contributed by atoms with E-state index in [1.807, 2.05) is 0 Å². The van der Waals surface area contributed by atoms with Crippen molar-refractivity contribution in [3.05, 3.63) is 64.2 Å². The first-order valence-corrected chi connectivity index (χ1v) is 8.85. The molecule has 2 amide bonds. The summed E-state index contributed by atoms with van der Waals surface area (Å²) in [5.41, 5.74) is 0.345. The summed E-state index contributed by atoms with van der Waals surface area (Å²) in [6.07, 6.45) is 0. The number of carboxylic acids is 1. The van der Waals surface area contributed by atoms with Gasteiger partial charge in [0, 0.05) is 10.6 Å². The maximum atomic E-state index is 12.7. The third-order valence-electron chi connectivity index (χ3n) is 4.36. The molecule has 3 rings (SSSR count). The Hall–Kier alpha value is -1.55. The molecule has 2 aromatic carbocycles. The molecule has 0 fully saturated rings. The third kappa shape index (κ3) is 4.63. The Balaban J connectivity index is 0.00000300. The molecule has 0 saturated heterocycles. The molecule has 1 N–H and O–H groups in total. The number of benzene rings is 2. The minimum absolute atomic E-state index is 0. The maximum absolute atomic E-state index is 12.7. The molecule has 0 aliphatic carbocycles. The molecule has 144 valence electrons. The van der Waals surface area contributed by atoms with E-state index in [2.05, 4.69) is 4.99 Å². The van der Waals surface area contributed by atoms with Gasteiger partial charge in [-0.1, -0.05) is 37.6 Å². The van der Waals surface area contributed by atoms with Crippen LogP contribution in [0.1, 0.15) is 40.1 Å². The van der Waals surface area contributed by atoms with E-state index in [4.69, 9.17) is 11.6 Å². The molecule has 1 atom stereocenters. The summed E-state index contributed by atoms with van der Waals surface area (Å²) in [4.78, 5) is 41.5. The predicted octanol–water partition coefficient (Wildman–Crippen LogP) is -0.639. The Labute approximate surface area is 214 Å². The summed E-state index contributed by atoms with van der Waals surface area (Å²) in [6.45, 7) is 3.25. The van der Waals surface area contributed by atoms with E-state index >= 15 is 0 Å². The molecular formula is C20H16ClKN2O5. The third-order valence-corrected chi connectivity index (χ3v) is 4.60. The second kappa shape index (κ2) is 9.50. The zero-order valence-corrected chi connectivity index (χ0v) is 19.9. The van der Waals surface area contributed by atoms with Gasteiger partial charge in [-0.2, -0.15) is 0 Å². The van der Waals surface area contributed by atoms with Crippen LogP contribution in [0.3, 0.4) is 0 Å². The molecule has 1 heterocycles. The first kappa shape index (κ1) is 23.7. The molecule has 7 nitrogen and oxygen atoms in total. The smallest absolute Gasteiger partial charge is 0.858 e. The van der Waals surface area contributed by atoms with E-state index in [9.17, 15) is 24.6 Å². The van der Waals surface area contributed by atoms with Crippen molar-refractivity contribution in [3.63, 3.8) is 0 Å². The van der Waals surface area contributed by atoms with Gasteiger partial charge in [-0.25, -0.2) is 9.69 Å². The quantitative estimate of drug-likeness (QED) is 0.289. The van der Waals surface area contributed by atoms with Crippen LogP contribution >= 0.6 is 11.6 Å². The number of halogens is 1. The second-order valence-electron chi connectivity index (χ2n) is 6.61. The van der Waals surface area contributed by atoms with Gasteiger partial charge in [0.05, 0.1) is 16.8 Å². The largest absolute Gasteiger partial charge is 1.00 e. The summed E-state index contributed by atoms with van der Waals surface area (Å²) in [5, 5.41) is 22.2. The van der Waals surface area contributed by atoms with E-state index in [-0.39, 0.29) is 78.8 Å². The van der Waals surface area contributed by atoms with E-state index < -0.39 is 35.6 Å². The molecule has 0 bridgehead atoms. The van der Waals surface area contributed by atoms with Crippen molar-refractivity contribution < 1.29 is 76.0 Å². The van der Waals surface area contributed by atoms with Gasteiger partial charge in [0.15, 0.2) is 0 Å². The van der Waals surface area contributed by atoms with Crippen LogP contribution < -0.4 is 61.4 Å². The topological polar surface area (TPSA) is 110 Å². The standard InChI is InChI=1S/C20H17ClN2O5.K/c1-10(2)16(20(27)28)22-17(24)14-9-11(21)7-8-15(14)23-18(25)12-5-3-4-6-13(12)19(23)26;/h3-10,16H,1-2H3,(H,22,24)(H,27,28);/q;+1/p-1. The molecule has 9 heteroatoms. The normalized spacial score (nSPS) is 14.6. The van der Waals surface area contributed by atoms with Crippen molar-refractivity contribution in [1.29, 1.82) is 0 Å². The van der Waals surface area contributed by atoms with Gasteiger partial charge >= 0.3 is 57.4 Å². The van der Waals surface area contributed by atoms with Crippen LogP contribution in [0.25, 0.3) is 0 Å². The number of carboxylic acid groups (broad SMARTS) is 1. The molecule has 0 aromatic heterocycles. The number of carbonyl (C=O) groups excluding carboxylic acids is 2. The molecule has 2 aromatic rings. The minimum atomic E-state index is -1.26. The summed E-state index contributed by atoms with van der Waals surface area (Å²) >= 11 is 5.99. The number of hydrogen-bond donors (Lipinski definition) is 1. The van der Waals surface area contributed by atoms with Crippen LogP contribution in [0, 0.1) is 5.92 Å². The Kier molecular flexibility index (Phi) is 7.78. The average Bonchev–Trinajstić information content (AvgIpc) is 2.90. The van der Waals surface area contributed by atoms with Crippen molar-refractivity contribution >= 4 is 41.0 Å². The van der Waals surface area contributed by atoms with Gasteiger partial charge in [0.25, 0.3) is 11.8 Å². The summed E-state index contributed by atoms with van der Waals surface area (Å²) in [5.74, 6) is -3.68. The summed E-state index contributed by atoms with van der Waals surface area (Å²) in [6, 6.07) is 9.14. The van der Waals surface area contributed by atoms with E-state index in [0.29, 0.717) is 0 Å². The maximum Gasteiger partial charge on any atom is 1.00 e. The van der Waals surface area contributed by atoms with E-state index in [1.54, 1.807) is 26.0 Å². The van der Waals surface area contributed by atoms with Crippen molar-refractivity contribution in [2.75, 3.05) is 4.90 Å². The van der Waals surface area contributed by atoms with Crippen molar-refractivity contribution in [1.82, 2.24) is 0 Å². The first-order chi connectivity index (χ1) is 13.2. The molecule has 29 heavy (non-hydrogen) atoms. The van der Waals surface area contributed by atoms with Crippen LogP contribution in [-0.2, 0) is 4.79 Å². The van der Waals surface area contributed by atoms with Crippen LogP contribution in [0.2, 0.25) is 5.02 Å². The fourth-order valence-electron chi connectivity index (χ4n) is 2.97. The monoisotopic (exact) mass is 438 g/mol. The Morgan fingerprint density at radius 3 is 2.14 bits per heavy atom. The summed E-state index contributed by atoms with van der Waals surface area (Å²) < 4.78 is 0. The number of imide groups is 1. The molecule has 1 aliphatic heterocycles. The number of hydrogen-bond acceptors (Lipinski definition) is 5. The van der Waals surface area contributed by atoms with Gasteiger partial charge in [-0.05, 0) is 42.1 Å². The predicted molar refractivity (Wildman–Crippen MR) is 102 cm³/mol. The fourth-order valence-corrected chi connectivity index (χ4v) is 3.14. The zero-order valence-electron chi connectivity index (χ0n) is 16.0. The Morgan fingerprint density at radius 2 is 1.66 bits per heavy atom. The number of aliphatic imine (C=N–C) groups is 1. The number of carbonyl (C=O) groups is 3. The number of nitrogens with zero attached hydrogens (tertiary/aromatic N) is 2. The zero-order chi connectivity index (χ0) is 20.6. The number of amides is 2. The second-order valence-corrected chi connectivity index (χ2v) is 7.05. The molecule has 0 saturated carbocycles. The van der Waals surface area contributed by atoms with E-state index in [1.165, 1.54) is 30.3 Å². The van der Waals surface area contributed by atoms with Crippen LogP contribution in [-0.4, -0.2) is 34.8 Å². The van der Waals surface area contributed by atoms with Crippen molar-refractivity contribution in [2.45, 2.75) is 19.9 Å². The summed E-state index contributed by atoms with van der Waals surface area (Å²) in [7, 11) is 0. The van der Waals surface area contributed by atoms with Gasteiger partial charge < -0.3 is 10.2 Å². The molecule has 1 unspecified atom stereocenters. The number of rotatable bonds is 5. The van der Waals surface area contributed by atoms with Gasteiger partial charge in [-0.15, -0.1) is 0 Å². The van der Waals surface area contributed by atoms with Crippen LogP contribution in [0.5, 0.6) is 0 Å². The van der Waals surface area contributed by atoms with Gasteiger partial charge in [0.1, 0.15) is 6.04 Å². The van der Waals surface area contributed by atoms with Crippen LogP contribution in [0.15, 0.2) is 47.5 Å². The molecule has 0 spiro atoms. The first-order valence-electron chi connectivity index (χ1n) is 8.47. The molecular weight excluding hydrogens is 423 g/mol. The fraction of sp³-hybridized carbons (Fsp3) is 0.200. The molecule has 0 radical (unpaired) electrons. The van der Waals surface area contributed by atoms with Crippen molar-refractivity contribution in [3.8, 4) is 0 Å². The average molecular weight is 439 g/mol. The van der Waals surface area contributed by atoms with Gasteiger partial charge in [-0.3, -0.25) is 14.6 Å². The number of fused-ring (bicyclic) bond motifs is 1. The Bertz CT molecular complexity index is 987. The molecule has 1 aliphatic rings. The Morgan fingerprint density at radius 1 is 1.10 bits per heavy atom. The van der Waals surface area contributed by atoms with Crippen LogP contribution in [0.4, 0.5) is 5.69 Å². The number of aliphatic carboxylic acids is 1. The SMILES string of the molecule is CC(C)C(N=C([O-])c1cc(Cl)ccc1N1C(=O)c2ccccc2C1=O)C(=O)O.[K+]. The van der Waals surface area contributed by atoms with Crippen molar-refractivity contribution in [2.24, 2.45) is 10.9 Å². The van der Waals surface area contributed by atoms with Gasteiger partial charge in [0.2, 0.25) is 0 Å². The number of anilines is 1. The minimum Gasteiger partial charge on any atom is -0.858 e. The van der Waals surface area contributed by atoms with E-state index in [0.717, 1.165) is 4.90 Å².